The van der Waals surface area contributed by atoms with Crippen molar-refractivity contribution in [1.29, 1.82) is 0 Å². The fourth-order valence-electron chi connectivity index (χ4n) is 1.47. The van der Waals surface area contributed by atoms with E-state index in [0.29, 0.717) is 5.69 Å². The molecular weight excluding hydrogens is 232 g/mol. The molecule has 0 saturated carbocycles. The van der Waals surface area contributed by atoms with Crippen molar-refractivity contribution in [3.63, 3.8) is 0 Å². The highest BCUT2D eigenvalue weighted by atomic mass is 32.2. The molecule has 3 nitrogen and oxygen atoms in total. The second-order valence-electron chi connectivity index (χ2n) is 3.66. The Bertz CT molecular complexity index is 537. The SMILES string of the molecule is Nc1cn(CCSc2ccccc2)ccc1=O. The zero-order chi connectivity index (χ0) is 12.1. The first-order valence-corrected chi connectivity index (χ1v) is 6.38. The molecule has 0 amide bonds. The number of pyridine rings is 1. The molecule has 0 aliphatic heterocycles. The highest BCUT2D eigenvalue weighted by Gasteiger charge is 1.96. The zero-order valence-corrected chi connectivity index (χ0v) is 10.2. The quantitative estimate of drug-likeness (QED) is 0.841. The van der Waals surface area contributed by atoms with Crippen molar-refractivity contribution in [3.8, 4) is 0 Å². The summed E-state index contributed by atoms with van der Waals surface area (Å²) in [5.74, 6) is 0.951. The minimum Gasteiger partial charge on any atom is -0.394 e. The van der Waals surface area contributed by atoms with Crippen LogP contribution in [0, 0.1) is 0 Å². The lowest BCUT2D eigenvalue weighted by Crippen LogP contribution is -2.11. The van der Waals surface area contributed by atoms with Crippen LogP contribution in [0.5, 0.6) is 0 Å². The molecule has 0 atom stereocenters. The van der Waals surface area contributed by atoms with Crippen LogP contribution in [0.15, 0.2) is 58.5 Å². The number of nitrogens with zero attached hydrogens (tertiary/aromatic N) is 1. The Kier molecular flexibility index (Phi) is 3.88. The van der Waals surface area contributed by atoms with E-state index in [1.165, 1.54) is 11.0 Å². The minimum absolute atomic E-state index is 0.114. The number of benzene rings is 1. The van der Waals surface area contributed by atoms with Gasteiger partial charge in [-0.1, -0.05) is 18.2 Å². The highest BCUT2D eigenvalue weighted by molar-refractivity contribution is 7.99. The molecule has 0 spiro atoms. The molecule has 0 fully saturated rings. The van der Waals surface area contributed by atoms with E-state index < -0.39 is 0 Å². The van der Waals surface area contributed by atoms with E-state index in [0.717, 1.165) is 12.3 Å². The molecule has 0 unspecified atom stereocenters. The Morgan fingerprint density at radius 1 is 1.18 bits per heavy atom. The largest absolute Gasteiger partial charge is 0.394 e. The van der Waals surface area contributed by atoms with Gasteiger partial charge in [0.1, 0.15) is 0 Å². The van der Waals surface area contributed by atoms with E-state index in [4.69, 9.17) is 5.73 Å². The van der Waals surface area contributed by atoms with Crippen molar-refractivity contribution in [2.24, 2.45) is 0 Å². The van der Waals surface area contributed by atoms with Gasteiger partial charge in [0, 0.05) is 35.7 Å². The molecule has 1 aromatic heterocycles. The number of nitrogens with two attached hydrogens (primary N) is 1. The molecule has 4 heteroatoms. The number of anilines is 1. The maximum Gasteiger partial charge on any atom is 0.204 e. The number of hydrogen-bond donors (Lipinski definition) is 1. The molecule has 1 heterocycles. The number of rotatable bonds is 4. The molecule has 0 bridgehead atoms. The van der Waals surface area contributed by atoms with E-state index >= 15 is 0 Å². The van der Waals surface area contributed by atoms with Crippen LogP contribution in [0.3, 0.4) is 0 Å². The monoisotopic (exact) mass is 246 g/mol. The normalized spacial score (nSPS) is 10.4. The third kappa shape index (κ3) is 3.39. The summed E-state index contributed by atoms with van der Waals surface area (Å²) in [4.78, 5) is 12.4. The zero-order valence-electron chi connectivity index (χ0n) is 9.37. The van der Waals surface area contributed by atoms with Gasteiger partial charge in [-0.2, -0.15) is 0 Å². The summed E-state index contributed by atoms with van der Waals surface area (Å²) in [6.45, 7) is 0.837. The van der Waals surface area contributed by atoms with E-state index in [9.17, 15) is 4.79 Å². The fourth-order valence-corrected chi connectivity index (χ4v) is 2.36. The summed E-state index contributed by atoms with van der Waals surface area (Å²) in [7, 11) is 0. The number of hydrogen-bond acceptors (Lipinski definition) is 3. The molecule has 0 aliphatic carbocycles. The third-order valence-electron chi connectivity index (χ3n) is 2.37. The number of thioether (sulfide) groups is 1. The van der Waals surface area contributed by atoms with Crippen molar-refractivity contribution in [1.82, 2.24) is 4.57 Å². The van der Waals surface area contributed by atoms with E-state index in [2.05, 4.69) is 12.1 Å². The smallest absolute Gasteiger partial charge is 0.204 e. The summed E-state index contributed by atoms with van der Waals surface area (Å²) in [6, 6.07) is 11.7. The molecule has 2 aromatic rings. The van der Waals surface area contributed by atoms with Gasteiger partial charge in [0.25, 0.3) is 0 Å². The second kappa shape index (κ2) is 5.59. The van der Waals surface area contributed by atoms with Crippen LogP contribution in [-0.2, 0) is 6.54 Å². The molecule has 2 N–H and O–H groups in total. The van der Waals surface area contributed by atoms with Crippen LogP contribution in [0.25, 0.3) is 0 Å². The van der Waals surface area contributed by atoms with Crippen LogP contribution >= 0.6 is 11.8 Å². The van der Waals surface area contributed by atoms with Crippen LogP contribution in [0.1, 0.15) is 0 Å². The van der Waals surface area contributed by atoms with Crippen molar-refractivity contribution >= 4 is 17.4 Å². The van der Waals surface area contributed by atoms with Gasteiger partial charge in [0.2, 0.25) is 5.43 Å². The predicted molar refractivity (Wildman–Crippen MR) is 72.3 cm³/mol. The van der Waals surface area contributed by atoms with Gasteiger partial charge < -0.3 is 10.3 Å². The van der Waals surface area contributed by atoms with Crippen LogP contribution in [0.4, 0.5) is 5.69 Å². The third-order valence-corrected chi connectivity index (χ3v) is 3.36. The minimum atomic E-state index is -0.114. The predicted octanol–water partition coefficient (Wildman–Crippen LogP) is 2.22. The Morgan fingerprint density at radius 2 is 1.94 bits per heavy atom. The first kappa shape index (κ1) is 11.8. The molecule has 2 rings (SSSR count). The van der Waals surface area contributed by atoms with Gasteiger partial charge in [-0.3, -0.25) is 4.79 Å². The Labute approximate surface area is 104 Å². The van der Waals surface area contributed by atoms with Crippen molar-refractivity contribution < 1.29 is 0 Å². The van der Waals surface area contributed by atoms with Gasteiger partial charge in [-0.05, 0) is 12.1 Å². The van der Waals surface area contributed by atoms with E-state index in [1.807, 2.05) is 22.8 Å². The lowest BCUT2D eigenvalue weighted by Gasteiger charge is -2.06. The Balaban J connectivity index is 1.90. The maximum absolute atomic E-state index is 11.1. The maximum atomic E-state index is 11.1. The second-order valence-corrected chi connectivity index (χ2v) is 4.83. The van der Waals surface area contributed by atoms with Gasteiger partial charge in [0.15, 0.2) is 0 Å². The molecule has 0 saturated heterocycles. The van der Waals surface area contributed by atoms with E-state index in [-0.39, 0.29) is 5.43 Å². The van der Waals surface area contributed by atoms with Crippen molar-refractivity contribution in [2.45, 2.75) is 11.4 Å². The fraction of sp³-hybridized carbons (Fsp3) is 0.154. The molecule has 1 aromatic carbocycles. The number of nitrogen functional groups attached to an aromatic ring is 1. The summed E-state index contributed by atoms with van der Waals surface area (Å²) in [5, 5.41) is 0. The van der Waals surface area contributed by atoms with Crippen LogP contribution in [0.2, 0.25) is 0 Å². The topological polar surface area (TPSA) is 48.0 Å². The van der Waals surface area contributed by atoms with Gasteiger partial charge in [-0.15, -0.1) is 11.8 Å². The van der Waals surface area contributed by atoms with Crippen molar-refractivity contribution in [2.75, 3.05) is 11.5 Å². The first-order chi connectivity index (χ1) is 8.25. The molecule has 0 aliphatic rings. The van der Waals surface area contributed by atoms with Crippen LogP contribution in [-0.4, -0.2) is 10.3 Å². The molecular formula is C13H14N2OS. The van der Waals surface area contributed by atoms with E-state index in [1.54, 1.807) is 24.2 Å². The number of aromatic nitrogens is 1. The Hall–Kier alpha value is -1.68. The lowest BCUT2D eigenvalue weighted by molar-refractivity contribution is 0.764. The average Bonchev–Trinajstić information content (AvgIpc) is 2.35. The summed E-state index contributed by atoms with van der Waals surface area (Å²) < 4.78 is 1.94. The van der Waals surface area contributed by atoms with Crippen molar-refractivity contribution in [3.05, 3.63) is 59.0 Å². The van der Waals surface area contributed by atoms with Gasteiger partial charge in [0.05, 0.1) is 5.69 Å². The lowest BCUT2D eigenvalue weighted by atomic mass is 10.4. The summed E-state index contributed by atoms with van der Waals surface area (Å²) >= 11 is 1.79. The Morgan fingerprint density at radius 3 is 2.65 bits per heavy atom. The molecule has 88 valence electrons. The molecule has 17 heavy (non-hydrogen) atoms. The standard InChI is InChI=1S/C13H14N2OS/c14-12-10-15(7-6-13(12)16)8-9-17-11-4-2-1-3-5-11/h1-7,10H,8-9,14H2. The summed E-state index contributed by atoms with van der Waals surface area (Å²) in [5.41, 5.74) is 5.75. The number of aryl methyl sites for hydroxylation is 1. The van der Waals surface area contributed by atoms with Gasteiger partial charge >= 0.3 is 0 Å². The van der Waals surface area contributed by atoms with Gasteiger partial charge in [-0.25, -0.2) is 0 Å². The highest BCUT2D eigenvalue weighted by Crippen LogP contribution is 2.16. The first-order valence-electron chi connectivity index (χ1n) is 5.39. The average molecular weight is 246 g/mol. The van der Waals surface area contributed by atoms with Crippen LogP contribution < -0.4 is 11.2 Å². The molecule has 0 radical (unpaired) electrons. The summed E-state index contributed by atoms with van der Waals surface area (Å²) in [6.07, 6.45) is 3.46.